The lowest BCUT2D eigenvalue weighted by molar-refractivity contribution is -0.114. The van der Waals surface area contributed by atoms with Gasteiger partial charge in [0.1, 0.15) is 0 Å². The first-order valence-electron chi connectivity index (χ1n) is 10.0. The number of aryl methyl sites for hydroxylation is 1. The molecule has 3 nitrogen and oxygen atoms in total. The minimum absolute atomic E-state index is 0.0300. The molecule has 150 valence electrons. The van der Waals surface area contributed by atoms with Crippen LogP contribution in [0.3, 0.4) is 0 Å². The Hall–Kier alpha value is -3.72. The van der Waals surface area contributed by atoms with Crippen LogP contribution >= 0.6 is 0 Å². The zero-order valence-electron chi connectivity index (χ0n) is 17.3. The van der Waals surface area contributed by atoms with Crippen LogP contribution < -0.4 is 5.32 Å². The van der Waals surface area contributed by atoms with Gasteiger partial charge in [0.15, 0.2) is 5.78 Å². The van der Waals surface area contributed by atoms with E-state index in [0.717, 1.165) is 22.3 Å². The number of allylic oxidation sites excluding steroid dienone is 3. The van der Waals surface area contributed by atoms with Gasteiger partial charge in [-0.15, -0.1) is 0 Å². The van der Waals surface area contributed by atoms with Crippen molar-refractivity contribution in [2.75, 3.05) is 0 Å². The second kappa shape index (κ2) is 10.2. The average Bonchev–Trinajstić information content (AvgIpc) is 2.79. The second-order valence-electron chi connectivity index (χ2n) is 7.03. The van der Waals surface area contributed by atoms with E-state index in [1.807, 2.05) is 105 Å². The lowest BCUT2D eigenvalue weighted by Crippen LogP contribution is -2.22. The van der Waals surface area contributed by atoms with Crippen LogP contribution in [-0.4, -0.2) is 11.7 Å². The highest BCUT2D eigenvalue weighted by atomic mass is 16.1. The maximum atomic E-state index is 12.9. The van der Waals surface area contributed by atoms with E-state index >= 15 is 0 Å². The number of ketones is 1. The van der Waals surface area contributed by atoms with Crippen LogP contribution in [0.15, 0.2) is 97.1 Å². The van der Waals surface area contributed by atoms with Crippen molar-refractivity contribution in [2.45, 2.75) is 20.3 Å². The molecule has 1 N–H and O–H groups in total. The fourth-order valence-electron chi connectivity index (χ4n) is 2.98. The predicted octanol–water partition coefficient (Wildman–Crippen LogP) is 5.83. The Kier molecular flexibility index (Phi) is 7.12. The normalized spacial score (nSPS) is 11.8. The third-order valence-electron chi connectivity index (χ3n) is 4.72. The summed E-state index contributed by atoms with van der Waals surface area (Å²) in [5.74, 6) is -0.165. The second-order valence-corrected chi connectivity index (χ2v) is 7.03. The first kappa shape index (κ1) is 21.0. The fraction of sp³-hybridized carbons (Fsp3) is 0.111. The highest BCUT2D eigenvalue weighted by molar-refractivity contribution is 6.03. The number of benzene rings is 3. The van der Waals surface area contributed by atoms with Crippen LogP contribution in [0.5, 0.6) is 0 Å². The quantitative estimate of drug-likeness (QED) is 0.404. The van der Waals surface area contributed by atoms with Crippen molar-refractivity contribution < 1.29 is 9.59 Å². The highest BCUT2D eigenvalue weighted by Gasteiger charge is 2.11. The van der Waals surface area contributed by atoms with E-state index in [2.05, 4.69) is 5.32 Å². The van der Waals surface area contributed by atoms with Crippen molar-refractivity contribution in [2.24, 2.45) is 0 Å². The summed E-state index contributed by atoms with van der Waals surface area (Å²) >= 11 is 0. The molecule has 3 aromatic rings. The molecule has 0 fully saturated rings. The third kappa shape index (κ3) is 5.65. The van der Waals surface area contributed by atoms with Crippen molar-refractivity contribution in [3.63, 3.8) is 0 Å². The molecule has 0 heterocycles. The Labute approximate surface area is 177 Å². The van der Waals surface area contributed by atoms with Gasteiger partial charge in [-0.1, -0.05) is 85.3 Å². The summed E-state index contributed by atoms with van der Waals surface area (Å²) < 4.78 is 0. The average molecular weight is 396 g/mol. The van der Waals surface area contributed by atoms with E-state index < -0.39 is 0 Å². The molecule has 0 bridgehead atoms. The van der Waals surface area contributed by atoms with Gasteiger partial charge < -0.3 is 5.32 Å². The smallest absolute Gasteiger partial charge is 0.255 e. The Morgan fingerprint density at radius 2 is 1.30 bits per heavy atom. The van der Waals surface area contributed by atoms with Gasteiger partial charge in [0, 0.05) is 17.7 Å². The molecule has 1 amide bonds. The molecule has 3 rings (SSSR count). The summed E-state index contributed by atoms with van der Waals surface area (Å²) in [5, 5.41) is 3.03. The molecule has 0 saturated heterocycles. The van der Waals surface area contributed by atoms with E-state index in [-0.39, 0.29) is 11.7 Å². The molecule has 3 heteroatoms. The number of rotatable bonds is 7. The first-order chi connectivity index (χ1) is 14.6. The molecular weight excluding hydrogens is 370 g/mol. The maximum absolute atomic E-state index is 12.9. The van der Waals surface area contributed by atoms with Gasteiger partial charge in [0.2, 0.25) is 0 Å². The standard InChI is InChI=1S/C27H25NO2/c1-3-25(29)18-24(21-10-6-4-7-11-21)19-26(22-12-8-5-9-13-22)28-27(30)23-16-14-20(2)15-17-23/h4-19H,3H2,1-2H3,(H,28,30)/b24-18-,26-19-. The van der Waals surface area contributed by atoms with Crippen LogP contribution in [0.2, 0.25) is 0 Å². The van der Waals surface area contributed by atoms with Crippen molar-refractivity contribution >= 4 is 23.0 Å². The highest BCUT2D eigenvalue weighted by Crippen LogP contribution is 2.22. The molecule has 0 radical (unpaired) electrons. The Balaban J connectivity index is 2.04. The summed E-state index contributed by atoms with van der Waals surface area (Å²) in [6.07, 6.45) is 3.92. The summed E-state index contributed by atoms with van der Waals surface area (Å²) in [5.41, 5.74) is 4.85. The van der Waals surface area contributed by atoms with Crippen LogP contribution in [0.4, 0.5) is 0 Å². The summed E-state index contributed by atoms with van der Waals surface area (Å²) in [7, 11) is 0. The Morgan fingerprint density at radius 1 is 0.733 bits per heavy atom. The minimum Gasteiger partial charge on any atom is -0.321 e. The molecule has 30 heavy (non-hydrogen) atoms. The molecule has 0 aliphatic heterocycles. The molecule has 0 aliphatic rings. The molecule has 3 aromatic carbocycles. The van der Waals surface area contributed by atoms with E-state index in [1.54, 1.807) is 6.08 Å². The van der Waals surface area contributed by atoms with Gasteiger partial charge >= 0.3 is 0 Å². The third-order valence-corrected chi connectivity index (χ3v) is 4.72. The molecule has 0 spiro atoms. The van der Waals surface area contributed by atoms with Crippen LogP contribution in [0.25, 0.3) is 11.3 Å². The molecular formula is C27H25NO2. The van der Waals surface area contributed by atoms with Crippen molar-refractivity contribution in [3.05, 3.63) is 119 Å². The van der Waals surface area contributed by atoms with Gasteiger partial charge in [-0.3, -0.25) is 9.59 Å². The van der Waals surface area contributed by atoms with E-state index in [4.69, 9.17) is 0 Å². The van der Waals surface area contributed by atoms with Gasteiger partial charge in [0.25, 0.3) is 5.91 Å². The van der Waals surface area contributed by atoms with E-state index in [1.165, 1.54) is 0 Å². The lowest BCUT2D eigenvalue weighted by atomic mass is 10.0. The molecule has 0 unspecified atom stereocenters. The van der Waals surface area contributed by atoms with Gasteiger partial charge in [-0.25, -0.2) is 0 Å². The van der Waals surface area contributed by atoms with Crippen LogP contribution in [-0.2, 0) is 4.79 Å². The monoisotopic (exact) mass is 395 g/mol. The number of carbonyl (C=O) groups excluding carboxylic acids is 2. The zero-order chi connectivity index (χ0) is 21.3. The number of hydrogen-bond acceptors (Lipinski definition) is 2. The lowest BCUT2D eigenvalue weighted by Gasteiger charge is -2.13. The summed E-state index contributed by atoms with van der Waals surface area (Å²) in [6, 6.07) is 26.8. The van der Waals surface area contributed by atoms with Gasteiger partial charge in [-0.05, 0) is 47.9 Å². The molecule has 0 atom stereocenters. The summed E-state index contributed by atoms with van der Waals surface area (Å²) in [4.78, 5) is 25.1. The Morgan fingerprint density at radius 3 is 1.87 bits per heavy atom. The number of hydrogen-bond donors (Lipinski definition) is 1. The number of carbonyl (C=O) groups is 2. The summed E-state index contributed by atoms with van der Waals surface area (Å²) in [6.45, 7) is 3.82. The zero-order valence-corrected chi connectivity index (χ0v) is 17.3. The van der Waals surface area contributed by atoms with Crippen molar-refractivity contribution in [1.82, 2.24) is 5.32 Å². The predicted molar refractivity (Wildman–Crippen MR) is 123 cm³/mol. The Bertz CT molecular complexity index is 1060. The largest absolute Gasteiger partial charge is 0.321 e. The van der Waals surface area contributed by atoms with Gasteiger partial charge in [-0.2, -0.15) is 0 Å². The minimum atomic E-state index is -0.195. The topological polar surface area (TPSA) is 46.2 Å². The van der Waals surface area contributed by atoms with Crippen molar-refractivity contribution in [1.29, 1.82) is 0 Å². The number of nitrogens with one attached hydrogen (secondary N) is 1. The van der Waals surface area contributed by atoms with Crippen LogP contribution in [0, 0.1) is 6.92 Å². The molecule has 0 aliphatic carbocycles. The molecule has 0 aromatic heterocycles. The van der Waals surface area contributed by atoms with E-state index in [9.17, 15) is 9.59 Å². The van der Waals surface area contributed by atoms with Gasteiger partial charge in [0.05, 0.1) is 0 Å². The van der Waals surface area contributed by atoms with Crippen molar-refractivity contribution in [3.8, 4) is 0 Å². The SMILES string of the molecule is CCC(=O)/C=C(/C=C(\NC(=O)c1ccc(C)cc1)c1ccccc1)c1ccccc1. The van der Waals surface area contributed by atoms with E-state index in [0.29, 0.717) is 17.7 Å². The van der Waals surface area contributed by atoms with Crippen LogP contribution in [0.1, 0.15) is 40.4 Å². The number of amides is 1. The first-order valence-corrected chi connectivity index (χ1v) is 10.0. The maximum Gasteiger partial charge on any atom is 0.255 e. The fourth-order valence-corrected chi connectivity index (χ4v) is 2.98. The molecule has 0 saturated carbocycles.